The highest BCUT2D eigenvalue weighted by Crippen LogP contribution is 2.28. The Bertz CT molecular complexity index is 704. The minimum absolute atomic E-state index is 0.0223. The fourth-order valence-electron chi connectivity index (χ4n) is 2.70. The molecule has 8 heteroatoms. The topological polar surface area (TPSA) is 81.3 Å². The standard InChI is InChI=1S/C16H19ClN4O3/c1-3-6-21-9-11(7-14(21)22)15-19-16(24-20-15)10(2)23-12-4-5-13(17)18-8-12/h4-5,8,10-11H,3,6-7,9H2,1-2H3/t10-,11?/m0/s1. The average Bonchev–Trinajstić information content (AvgIpc) is 3.18. The molecule has 3 heterocycles. The Labute approximate surface area is 145 Å². The first-order valence-corrected chi connectivity index (χ1v) is 8.34. The average molecular weight is 351 g/mol. The molecule has 7 nitrogen and oxygen atoms in total. The van der Waals surface area contributed by atoms with Gasteiger partial charge in [-0.1, -0.05) is 23.7 Å². The number of hydrogen-bond donors (Lipinski definition) is 0. The predicted octanol–water partition coefficient (Wildman–Crippen LogP) is 2.98. The Morgan fingerprint density at radius 3 is 3.04 bits per heavy atom. The van der Waals surface area contributed by atoms with Crippen LogP contribution in [0.5, 0.6) is 5.75 Å². The van der Waals surface area contributed by atoms with E-state index < -0.39 is 6.10 Å². The van der Waals surface area contributed by atoms with Gasteiger partial charge in [0.15, 0.2) is 11.9 Å². The van der Waals surface area contributed by atoms with Crippen LogP contribution in [0.2, 0.25) is 5.15 Å². The first kappa shape index (κ1) is 16.7. The minimum Gasteiger partial charge on any atom is -0.479 e. The molecule has 1 saturated heterocycles. The molecule has 0 radical (unpaired) electrons. The number of ether oxygens (including phenoxy) is 1. The first-order valence-electron chi connectivity index (χ1n) is 7.96. The highest BCUT2D eigenvalue weighted by atomic mass is 35.5. The molecule has 0 spiro atoms. The SMILES string of the molecule is CCCN1CC(c2noc([C@H](C)Oc3ccc(Cl)nc3)n2)CC1=O. The van der Waals surface area contributed by atoms with Gasteiger partial charge in [0.1, 0.15) is 10.9 Å². The monoisotopic (exact) mass is 350 g/mol. The first-order chi connectivity index (χ1) is 11.6. The van der Waals surface area contributed by atoms with Crippen LogP contribution in [0.4, 0.5) is 0 Å². The third-order valence-corrected chi connectivity index (χ3v) is 4.12. The molecule has 3 rings (SSSR count). The van der Waals surface area contributed by atoms with Crippen LogP contribution in [-0.4, -0.2) is 39.0 Å². The van der Waals surface area contributed by atoms with E-state index in [1.54, 1.807) is 12.1 Å². The number of carbonyl (C=O) groups excluding carboxylic acids is 1. The highest BCUT2D eigenvalue weighted by Gasteiger charge is 2.33. The number of carbonyl (C=O) groups is 1. The molecule has 1 amide bonds. The van der Waals surface area contributed by atoms with Crippen LogP contribution in [0.15, 0.2) is 22.9 Å². The van der Waals surface area contributed by atoms with E-state index in [1.807, 2.05) is 11.8 Å². The fourth-order valence-corrected chi connectivity index (χ4v) is 2.81. The molecule has 2 aromatic heterocycles. The van der Waals surface area contributed by atoms with Crippen molar-refractivity contribution in [2.24, 2.45) is 0 Å². The lowest BCUT2D eigenvalue weighted by molar-refractivity contribution is -0.127. The Morgan fingerprint density at radius 2 is 2.33 bits per heavy atom. The van der Waals surface area contributed by atoms with E-state index in [4.69, 9.17) is 20.9 Å². The van der Waals surface area contributed by atoms with Crippen LogP contribution in [0.25, 0.3) is 0 Å². The maximum Gasteiger partial charge on any atom is 0.267 e. The maximum atomic E-state index is 12.0. The third-order valence-electron chi connectivity index (χ3n) is 3.89. The van der Waals surface area contributed by atoms with Crippen LogP contribution in [-0.2, 0) is 4.79 Å². The lowest BCUT2D eigenvalue weighted by Crippen LogP contribution is -2.25. The predicted molar refractivity (Wildman–Crippen MR) is 86.8 cm³/mol. The summed E-state index contributed by atoms with van der Waals surface area (Å²) >= 11 is 5.75. The van der Waals surface area contributed by atoms with Gasteiger partial charge in [-0.2, -0.15) is 4.98 Å². The number of nitrogens with zero attached hydrogens (tertiary/aromatic N) is 4. The Kier molecular flexibility index (Phi) is 4.99. The third kappa shape index (κ3) is 3.67. The molecule has 2 aromatic rings. The highest BCUT2D eigenvalue weighted by molar-refractivity contribution is 6.29. The molecular weight excluding hydrogens is 332 g/mol. The van der Waals surface area contributed by atoms with Crippen molar-refractivity contribution in [3.05, 3.63) is 35.2 Å². The lowest BCUT2D eigenvalue weighted by atomic mass is 10.1. The van der Waals surface area contributed by atoms with Gasteiger partial charge in [-0.3, -0.25) is 4.79 Å². The molecule has 0 bridgehead atoms. The summed E-state index contributed by atoms with van der Waals surface area (Å²) in [4.78, 5) is 22.2. The van der Waals surface area contributed by atoms with Gasteiger partial charge in [-0.05, 0) is 25.5 Å². The van der Waals surface area contributed by atoms with Crippen LogP contribution in [0, 0.1) is 0 Å². The fraction of sp³-hybridized carbons (Fsp3) is 0.500. The molecular formula is C16H19ClN4O3. The number of amides is 1. The summed E-state index contributed by atoms with van der Waals surface area (Å²) in [6, 6.07) is 3.37. The van der Waals surface area contributed by atoms with Crippen LogP contribution in [0.3, 0.4) is 0 Å². The van der Waals surface area contributed by atoms with Gasteiger partial charge in [0.2, 0.25) is 5.91 Å². The van der Waals surface area contributed by atoms with Gasteiger partial charge in [0.05, 0.1) is 6.20 Å². The van der Waals surface area contributed by atoms with Crippen molar-refractivity contribution in [1.29, 1.82) is 0 Å². The van der Waals surface area contributed by atoms with Crippen molar-refractivity contribution < 1.29 is 14.1 Å². The Hall–Kier alpha value is -2.15. The van der Waals surface area contributed by atoms with Crippen LogP contribution in [0.1, 0.15) is 50.4 Å². The number of hydrogen-bond acceptors (Lipinski definition) is 6. The van der Waals surface area contributed by atoms with Crippen molar-refractivity contribution in [2.45, 2.75) is 38.7 Å². The van der Waals surface area contributed by atoms with Crippen molar-refractivity contribution in [3.8, 4) is 5.75 Å². The summed E-state index contributed by atoms with van der Waals surface area (Å²) < 4.78 is 11.0. The van der Waals surface area contributed by atoms with E-state index in [-0.39, 0.29) is 11.8 Å². The number of aromatic nitrogens is 3. The van der Waals surface area contributed by atoms with Gasteiger partial charge in [-0.25, -0.2) is 4.98 Å². The van der Waals surface area contributed by atoms with E-state index in [1.165, 1.54) is 6.20 Å². The summed E-state index contributed by atoms with van der Waals surface area (Å²) in [5, 5.41) is 4.42. The summed E-state index contributed by atoms with van der Waals surface area (Å²) in [5.74, 6) is 1.62. The van der Waals surface area contributed by atoms with E-state index in [0.29, 0.717) is 35.6 Å². The normalized spacial score (nSPS) is 18.9. The molecule has 24 heavy (non-hydrogen) atoms. The van der Waals surface area contributed by atoms with Crippen LogP contribution < -0.4 is 4.74 Å². The molecule has 128 valence electrons. The van der Waals surface area contributed by atoms with E-state index in [0.717, 1.165) is 13.0 Å². The van der Waals surface area contributed by atoms with Gasteiger partial charge < -0.3 is 14.2 Å². The molecule has 0 N–H and O–H groups in total. The molecule has 1 unspecified atom stereocenters. The second-order valence-electron chi connectivity index (χ2n) is 5.81. The smallest absolute Gasteiger partial charge is 0.267 e. The summed E-state index contributed by atoms with van der Waals surface area (Å²) in [6.07, 6.45) is 2.48. The van der Waals surface area contributed by atoms with Gasteiger partial charge in [-0.15, -0.1) is 0 Å². The molecule has 0 saturated carbocycles. The molecule has 1 aliphatic heterocycles. The van der Waals surface area contributed by atoms with Crippen molar-refractivity contribution in [1.82, 2.24) is 20.0 Å². The van der Waals surface area contributed by atoms with Crippen molar-refractivity contribution >= 4 is 17.5 Å². The Balaban J connectivity index is 1.64. The molecule has 1 aliphatic rings. The number of halogens is 1. The van der Waals surface area contributed by atoms with Gasteiger partial charge in [0.25, 0.3) is 5.89 Å². The quantitative estimate of drug-likeness (QED) is 0.745. The lowest BCUT2D eigenvalue weighted by Gasteiger charge is -2.13. The second kappa shape index (κ2) is 7.17. The zero-order chi connectivity index (χ0) is 17.1. The minimum atomic E-state index is -0.418. The van der Waals surface area contributed by atoms with Crippen LogP contribution >= 0.6 is 11.6 Å². The molecule has 2 atom stereocenters. The zero-order valence-electron chi connectivity index (χ0n) is 13.6. The van der Waals surface area contributed by atoms with E-state index in [9.17, 15) is 4.79 Å². The summed E-state index contributed by atoms with van der Waals surface area (Å²) in [6.45, 7) is 5.28. The van der Waals surface area contributed by atoms with E-state index in [2.05, 4.69) is 22.0 Å². The second-order valence-corrected chi connectivity index (χ2v) is 6.20. The largest absolute Gasteiger partial charge is 0.479 e. The number of rotatable bonds is 6. The number of likely N-dealkylation sites (tertiary alicyclic amines) is 1. The number of pyridine rings is 1. The molecule has 0 aromatic carbocycles. The zero-order valence-corrected chi connectivity index (χ0v) is 14.4. The van der Waals surface area contributed by atoms with Gasteiger partial charge in [0, 0.05) is 25.4 Å². The summed E-state index contributed by atoms with van der Waals surface area (Å²) in [5.41, 5.74) is 0. The maximum absolute atomic E-state index is 12.0. The van der Waals surface area contributed by atoms with E-state index >= 15 is 0 Å². The Morgan fingerprint density at radius 1 is 1.50 bits per heavy atom. The molecule has 0 aliphatic carbocycles. The van der Waals surface area contributed by atoms with Gasteiger partial charge >= 0.3 is 0 Å². The molecule has 1 fully saturated rings. The van der Waals surface area contributed by atoms with Crippen molar-refractivity contribution in [3.63, 3.8) is 0 Å². The van der Waals surface area contributed by atoms with Crippen molar-refractivity contribution in [2.75, 3.05) is 13.1 Å². The summed E-state index contributed by atoms with van der Waals surface area (Å²) in [7, 11) is 0.